The Kier molecular flexibility index (Phi) is 3.41. The SMILES string of the molecule is O=C(O)C[C@H]1CN(c2ccccc2)CCN1. The zero-order valence-electron chi connectivity index (χ0n) is 9.10. The molecule has 1 heterocycles. The number of carboxylic acid groups (broad SMARTS) is 1. The van der Waals surface area contributed by atoms with Gasteiger partial charge in [0.1, 0.15) is 0 Å². The topological polar surface area (TPSA) is 52.6 Å². The molecule has 1 saturated heterocycles. The summed E-state index contributed by atoms with van der Waals surface area (Å²) in [7, 11) is 0. The molecule has 0 bridgehead atoms. The number of rotatable bonds is 3. The fourth-order valence-electron chi connectivity index (χ4n) is 2.05. The second-order valence-corrected chi connectivity index (χ2v) is 4.03. The first kappa shape index (κ1) is 11.0. The van der Waals surface area contributed by atoms with Crippen molar-refractivity contribution < 1.29 is 9.90 Å². The number of aliphatic carboxylic acids is 1. The molecule has 0 unspecified atom stereocenters. The molecule has 0 spiro atoms. The number of piperazine rings is 1. The first-order valence-corrected chi connectivity index (χ1v) is 5.51. The van der Waals surface area contributed by atoms with E-state index in [-0.39, 0.29) is 12.5 Å². The second kappa shape index (κ2) is 4.99. The Morgan fingerprint density at radius 2 is 2.19 bits per heavy atom. The van der Waals surface area contributed by atoms with Gasteiger partial charge in [0.25, 0.3) is 0 Å². The van der Waals surface area contributed by atoms with E-state index in [1.165, 1.54) is 5.69 Å². The number of benzene rings is 1. The highest BCUT2D eigenvalue weighted by molar-refractivity contribution is 5.67. The van der Waals surface area contributed by atoms with Crippen molar-refractivity contribution in [1.29, 1.82) is 0 Å². The summed E-state index contributed by atoms with van der Waals surface area (Å²) in [6.07, 6.45) is 0.184. The fourth-order valence-corrected chi connectivity index (χ4v) is 2.05. The molecule has 4 nitrogen and oxygen atoms in total. The van der Waals surface area contributed by atoms with Gasteiger partial charge >= 0.3 is 5.97 Å². The van der Waals surface area contributed by atoms with E-state index >= 15 is 0 Å². The third kappa shape index (κ3) is 2.73. The van der Waals surface area contributed by atoms with E-state index in [4.69, 9.17) is 5.11 Å². The normalized spacial score (nSPS) is 20.8. The van der Waals surface area contributed by atoms with Crippen LogP contribution in [0.15, 0.2) is 30.3 Å². The monoisotopic (exact) mass is 220 g/mol. The average molecular weight is 220 g/mol. The largest absolute Gasteiger partial charge is 0.481 e. The van der Waals surface area contributed by atoms with Crippen LogP contribution in [0.25, 0.3) is 0 Å². The number of nitrogens with one attached hydrogen (secondary N) is 1. The first-order chi connectivity index (χ1) is 7.75. The van der Waals surface area contributed by atoms with Crippen molar-refractivity contribution in [3.05, 3.63) is 30.3 Å². The number of hydrogen-bond donors (Lipinski definition) is 2. The molecule has 0 aliphatic carbocycles. The smallest absolute Gasteiger partial charge is 0.304 e. The molecule has 1 aliphatic rings. The number of carboxylic acids is 1. The number of carbonyl (C=O) groups is 1. The Hall–Kier alpha value is -1.55. The highest BCUT2D eigenvalue weighted by Gasteiger charge is 2.21. The van der Waals surface area contributed by atoms with Crippen LogP contribution in [0.2, 0.25) is 0 Å². The molecule has 0 aromatic heterocycles. The quantitative estimate of drug-likeness (QED) is 0.796. The van der Waals surface area contributed by atoms with E-state index in [2.05, 4.69) is 22.3 Å². The third-order valence-corrected chi connectivity index (χ3v) is 2.80. The van der Waals surface area contributed by atoms with Gasteiger partial charge in [-0.05, 0) is 12.1 Å². The number of para-hydroxylation sites is 1. The van der Waals surface area contributed by atoms with Crippen LogP contribution >= 0.6 is 0 Å². The molecule has 2 N–H and O–H groups in total. The van der Waals surface area contributed by atoms with Gasteiger partial charge in [-0.2, -0.15) is 0 Å². The van der Waals surface area contributed by atoms with E-state index in [1.807, 2.05) is 18.2 Å². The lowest BCUT2D eigenvalue weighted by Crippen LogP contribution is -2.51. The van der Waals surface area contributed by atoms with Crippen molar-refractivity contribution in [3.8, 4) is 0 Å². The molecular formula is C12H16N2O2. The number of hydrogen-bond acceptors (Lipinski definition) is 3. The first-order valence-electron chi connectivity index (χ1n) is 5.51. The molecule has 1 atom stereocenters. The van der Waals surface area contributed by atoms with Gasteiger partial charge in [0.15, 0.2) is 0 Å². The average Bonchev–Trinajstić information content (AvgIpc) is 2.30. The van der Waals surface area contributed by atoms with E-state index < -0.39 is 5.97 Å². The van der Waals surface area contributed by atoms with Crippen molar-refractivity contribution in [2.75, 3.05) is 24.5 Å². The van der Waals surface area contributed by atoms with Gasteiger partial charge in [-0.3, -0.25) is 4.79 Å². The van der Waals surface area contributed by atoms with E-state index in [0.717, 1.165) is 19.6 Å². The van der Waals surface area contributed by atoms with Crippen LogP contribution in [0, 0.1) is 0 Å². The molecule has 0 amide bonds. The molecule has 1 fully saturated rings. The van der Waals surface area contributed by atoms with Gasteiger partial charge in [-0.25, -0.2) is 0 Å². The molecule has 16 heavy (non-hydrogen) atoms. The van der Waals surface area contributed by atoms with Crippen molar-refractivity contribution in [2.24, 2.45) is 0 Å². The Bertz CT molecular complexity index is 353. The standard InChI is InChI=1S/C12H16N2O2/c15-12(16)8-10-9-14(7-6-13-10)11-4-2-1-3-5-11/h1-5,10,13H,6-9H2,(H,15,16)/t10-/m0/s1. The summed E-state index contributed by atoms with van der Waals surface area (Å²) < 4.78 is 0. The van der Waals surface area contributed by atoms with Crippen molar-refractivity contribution in [2.45, 2.75) is 12.5 Å². The summed E-state index contributed by atoms with van der Waals surface area (Å²) in [5, 5.41) is 12.0. The summed E-state index contributed by atoms with van der Waals surface area (Å²) in [5.41, 5.74) is 1.17. The van der Waals surface area contributed by atoms with Crippen LogP contribution in [0.4, 0.5) is 5.69 Å². The maximum Gasteiger partial charge on any atom is 0.304 e. The number of anilines is 1. The molecule has 0 radical (unpaired) electrons. The van der Waals surface area contributed by atoms with Gasteiger partial charge in [-0.1, -0.05) is 18.2 Å². The zero-order chi connectivity index (χ0) is 11.4. The third-order valence-electron chi connectivity index (χ3n) is 2.80. The Labute approximate surface area is 94.9 Å². The highest BCUT2D eigenvalue weighted by atomic mass is 16.4. The molecule has 1 aromatic carbocycles. The maximum absolute atomic E-state index is 10.7. The summed E-state index contributed by atoms with van der Waals surface area (Å²) in [5.74, 6) is -0.743. The maximum atomic E-state index is 10.7. The van der Waals surface area contributed by atoms with Gasteiger partial charge in [0.05, 0.1) is 6.42 Å². The van der Waals surface area contributed by atoms with Crippen LogP contribution < -0.4 is 10.2 Å². The second-order valence-electron chi connectivity index (χ2n) is 4.03. The fraction of sp³-hybridized carbons (Fsp3) is 0.417. The summed E-state index contributed by atoms with van der Waals surface area (Å²) >= 11 is 0. The van der Waals surface area contributed by atoms with E-state index in [1.54, 1.807) is 0 Å². The van der Waals surface area contributed by atoms with Crippen LogP contribution in [0.1, 0.15) is 6.42 Å². The Morgan fingerprint density at radius 1 is 1.44 bits per heavy atom. The van der Waals surface area contributed by atoms with Crippen LogP contribution in [-0.2, 0) is 4.79 Å². The summed E-state index contributed by atoms with van der Waals surface area (Å²) in [4.78, 5) is 12.9. The van der Waals surface area contributed by atoms with Crippen LogP contribution in [0.3, 0.4) is 0 Å². The lowest BCUT2D eigenvalue weighted by Gasteiger charge is -2.34. The van der Waals surface area contributed by atoms with Gasteiger partial charge < -0.3 is 15.3 Å². The van der Waals surface area contributed by atoms with Gasteiger partial charge in [0, 0.05) is 31.4 Å². The lowest BCUT2D eigenvalue weighted by atomic mass is 10.1. The molecular weight excluding hydrogens is 204 g/mol. The van der Waals surface area contributed by atoms with Crippen LogP contribution in [0.5, 0.6) is 0 Å². The minimum atomic E-state index is -0.743. The van der Waals surface area contributed by atoms with Crippen molar-refractivity contribution in [1.82, 2.24) is 5.32 Å². The predicted octanol–water partition coefficient (Wildman–Crippen LogP) is 0.940. The van der Waals surface area contributed by atoms with E-state index in [0.29, 0.717) is 0 Å². The van der Waals surface area contributed by atoms with Crippen molar-refractivity contribution in [3.63, 3.8) is 0 Å². The molecule has 0 saturated carbocycles. The Morgan fingerprint density at radius 3 is 2.88 bits per heavy atom. The highest BCUT2D eigenvalue weighted by Crippen LogP contribution is 2.15. The minimum absolute atomic E-state index is 0.0476. The van der Waals surface area contributed by atoms with Gasteiger partial charge in [-0.15, -0.1) is 0 Å². The number of nitrogens with zero attached hydrogens (tertiary/aromatic N) is 1. The molecule has 2 rings (SSSR count). The van der Waals surface area contributed by atoms with Gasteiger partial charge in [0.2, 0.25) is 0 Å². The summed E-state index contributed by atoms with van der Waals surface area (Å²) in [6, 6.07) is 10.2. The zero-order valence-corrected chi connectivity index (χ0v) is 9.10. The van der Waals surface area contributed by atoms with Crippen molar-refractivity contribution >= 4 is 11.7 Å². The molecule has 1 aliphatic heterocycles. The molecule has 86 valence electrons. The summed E-state index contributed by atoms with van der Waals surface area (Å²) in [6.45, 7) is 2.53. The lowest BCUT2D eigenvalue weighted by molar-refractivity contribution is -0.137. The molecule has 4 heteroatoms. The van der Waals surface area contributed by atoms with E-state index in [9.17, 15) is 4.79 Å². The Balaban J connectivity index is 1.99. The minimum Gasteiger partial charge on any atom is -0.481 e. The van der Waals surface area contributed by atoms with Crippen LogP contribution in [-0.4, -0.2) is 36.8 Å². The predicted molar refractivity (Wildman–Crippen MR) is 62.7 cm³/mol. The molecule has 1 aromatic rings.